The lowest BCUT2D eigenvalue weighted by atomic mass is 10.1. The fraction of sp³-hybridized carbons (Fsp3) is 0.333. The summed E-state index contributed by atoms with van der Waals surface area (Å²) in [6.45, 7) is 4.53. The van der Waals surface area contributed by atoms with Gasteiger partial charge in [0.15, 0.2) is 0 Å². The van der Waals surface area contributed by atoms with E-state index in [0.29, 0.717) is 28.9 Å². The molecule has 1 aliphatic heterocycles. The van der Waals surface area contributed by atoms with E-state index < -0.39 is 16.0 Å². The minimum absolute atomic E-state index is 0.200. The first kappa shape index (κ1) is 23.0. The Bertz CT molecular complexity index is 1320. The van der Waals surface area contributed by atoms with Gasteiger partial charge in [-0.1, -0.05) is 37.3 Å². The molecule has 2 aromatic carbocycles. The van der Waals surface area contributed by atoms with Gasteiger partial charge < -0.3 is 14.6 Å². The molecule has 33 heavy (non-hydrogen) atoms. The highest BCUT2D eigenvalue weighted by molar-refractivity contribution is 7.89. The third-order valence-corrected chi connectivity index (χ3v) is 8.06. The van der Waals surface area contributed by atoms with Crippen LogP contribution in [0.5, 0.6) is 0 Å². The average Bonchev–Trinajstić information content (AvgIpc) is 3.18. The number of hydrogen-bond donors (Lipinski definition) is 1. The van der Waals surface area contributed by atoms with E-state index in [9.17, 15) is 18.0 Å². The molecular formula is C24H27N3O5S. The minimum atomic E-state index is -3.67. The van der Waals surface area contributed by atoms with E-state index in [1.54, 1.807) is 30.0 Å². The highest BCUT2D eigenvalue weighted by Crippen LogP contribution is 2.25. The summed E-state index contributed by atoms with van der Waals surface area (Å²) in [5, 5.41) is 1.84. The maximum Gasteiger partial charge on any atom is 0.339 e. The molecule has 0 spiro atoms. The van der Waals surface area contributed by atoms with Crippen LogP contribution in [0.15, 0.2) is 47.4 Å². The highest BCUT2D eigenvalue weighted by Gasteiger charge is 2.32. The summed E-state index contributed by atoms with van der Waals surface area (Å²) in [7, 11) is -2.36. The number of H-pyrrole nitrogens is 1. The SMILES string of the molecule is CCc1[nH]c(C(=O)N2CCN(S(=O)(=O)c3ccc4ccccc4c3)CC2)c(C)c1C(=O)OC. The number of ether oxygens (including phenoxy) is 1. The van der Waals surface area contributed by atoms with Gasteiger partial charge in [0.25, 0.3) is 5.91 Å². The predicted octanol–water partition coefficient (Wildman–Crippen LogP) is 2.97. The largest absolute Gasteiger partial charge is 0.465 e. The zero-order valence-electron chi connectivity index (χ0n) is 18.9. The first-order valence-corrected chi connectivity index (χ1v) is 12.3. The Labute approximate surface area is 193 Å². The lowest BCUT2D eigenvalue weighted by molar-refractivity contribution is 0.0599. The van der Waals surface area contributed by atoms with E-state index >= 15 is 0 Å². The zero-order chi connectivity index (χ0) is 23.8. The summed E-state index contributed by atoms with van der Waals surface area (Å²) < 4.78 is 32.7. The predicted molar refractivity (Wildman–Crippen MR) is 125 cm³/mol. The van der Waals surface area contributed by atoms with Crippen molar-refractivity contribution >= 4 is 32.7 Å². The number of aryl methyl sites for hydroxylation is 1. The Morgan fingerprint density at radius 1 is 1.03 bits per heavy atom. The number of amides is 1. The number of aromatic nitrogens is 1. The molecule has 1 N–H and O–H groups in total. The van der Waals surface area contributed by atoms with Crippen molar-refractivity contribution in [2.24, 2.45) is 0 Å². The summed E-state index contributed by atoms with van der Waals surface area (Å²) >= 11 is 0. The van der Waals surface area contributed by atoms with Crippen molar-refractivity contribution in [2.45, 2.75) is 25.2 Å². The molecule has 0 saturated carbocycles. The van der Waals surface area contributed by atoms with Gasteiger partial charge in [0, 0.05) is 31.9 Å². The van der Waals surface area contributed by atoms with Crippen molar-refractivity contribution in [3.8, 4) is 0 Å². The van der Waals surface area contributed by atoms with Gasteiger partial charge in [-0.2, -0.15) is 4.31 Å². The molecule has 0 aliphatic carbocycles. The Morgan fingerprint density at radius 3 is 2.33 bits per heavy atom. The van der Waals surface area contributed by atoms with E-state index in [1.807, 2.05) is 31.2 Å². The highest BCUT2D eigenvalue weighted by atomic mass is 32.2. The van der Waals surface area contributed by atoms with Crippen molar-refractivity contribution in [3.05, 3.63) is 65.0 Å². The van der Waals surface area contributed by atoms with Crippen LogP contribution in [0.2, 0.25) is 0 Å². The van der Waals surface area contributed by atoms with Gasteiger partial charge in [-0.05, 0) is 41.8 Å². The molecule has 4 rings (SSSR count). The number of benzene rings is 2. The molecule has 0 bridgehead atoms. The molecule has 3 aromatic rings. The number of sulfonamides is 1. The standard InChI is InChI=1S/C24H27N3O5S/c1-4-20-21(24(29)32-3)16(2)22(25-20)23(28)26-11-13-27(14-12-26)33(30,31)19-10-9-17-7-5-6-8-18(17)15-19/h5-10,15,25H,4,11-14H2,1-3H3. The Morgan fingerprint density at radius 2 is 1.70 bits per heavy atom. The van der Waals surface area contributed by atoms with Gasteiger partial charge in [-0.25, -0.2) is 13.2 Å². The quantitative estimate of drug-likeness (QED) is 0.579. The van der Waals surface area contributed by atoms with E-state index in [2.05, 4.69) is 4.98 Å². The molecule has 0 atom stereocenters. The van der Waals surface area contributed by atoms with Crippen LogP contribution in [0, 0.1) is 6.92 Å². The Kier molecular flexibility index (Phi) is 6.27. The molecule has 1 aliphatic rings. The van der Waals surface area contributed by atoms with E-state index in [1.165, 1.54) is 11.4 Å². The number of fused-ring (bicyclic) bond motifs is 1. The lowest BCUT2D eigenvalue weighted by Crippen LogP contribution is -2.50. The fourth-order valence-corrected chi connectivity index (χ4v) is 5.74. The number of rotatable bonds is 5. The van der Waals surface area contributed by atoms with Crippen LogP contribution in [-0.2, 0) is 21.2 Å². The second-order valence-electron chi connectivity index (χ2n) is 8.03. The van der Waals surface area contributed by atoms with Crippen LogP contribution in [0.1, 0.15) is 39.0 Å². The van der Waals surface area contributed by atoms with Crippen LogP contribution in [0.4, 0.5) is 0 Å². The number of piperazine rings is 1. The Balaban J connectivity index is 1.51. The number of aromatic amines is 1. The third kappa shape index (κ3) is 4.14. The number of esters is 1. The monoisotopic (exact) mass is 469 g/mol. The first-order chi connectivity index (χ1) is 15.8. The summed E-state index contributed by atoms with van der Waals surface area (Å²) in [5.74, 6) is -0.731. The van der Waals surface area contributed by atoms with Crippen LogP contribution in [-0.4, -0.2) is 67.8 Å². The summed E-state index contributed by atoms with van der Waals surface area (Å²) in [4.78, 5) is 30.3. The van der Waals surface area contributed by atoms with Crippen LogP contribution < -0.4 is 0 Å². The first-order valence-electron chi connectivity index (χ1n) is 10.9. The van der Waals surface area contributed by atoms with Crippen LogP contribution >= 0.6 is 0 Å². The molecule has 1 saturated heterocycles. The van der Waals surface area contributed by atoms with Crippen LogP contribution in [0.3, 0.4) is 0 Å². The number of nitrogens with one attached hydrogen (secondary N) is 1. The zero-order valence-corrected chi connectivity index (χ0v) is 19.7. The number of methoxy groups -OCH3 is 1. The van der Waals surface area contributed by atoms with E-state index in [4.69, 9.17) is 4.74 Å². The van der Waals surface area contributed by atoms with Crippen molar-refractivity contribution < 1.29 is 22.7 Å². The second kappa shape index (κ2) is 8.99. The van der Waals surface area contributed by atoms with Crippen molar-refractivity contribution in [1.29, 1.82) is 0 Å². The van der Waals surface area contributed by atoms with Gasteiger partial charge in [-0.3, -0.25) is 4.79 Å². The molecule has 9 heteroatoms. The van der Waals surface area contributed by atoms with Crippen molar-refractivity contribution in [2.75, 3.05) is 33.3 Å². The number of nitrogens with zero attached hydrogens (tertiary/aromatic N) is 2. The molecule has 0 radical (unpaired) electrons. The fourth-order valence-electron chi connectivity index (χ4n) is 4.28. The number of carbonyl (C=O) groups excluding carboxylic acids is 2. The van der Waals surface area contributed by atoms with Crippen molar-refractivity contribution in [3.63, 3.8) is 0 Å². The smallest absolute Gasteiger partial charge is 0.339 e. The molecule has 174 valence electrons. The topological polar surface area (TPSA) is 99.8 Å². The minimum Gasteiger partial charge on any atom is -0.465 e. The second-order valence-corrected chi connectivity index (χ2v) is 9.97. The maximum atomic E-state index is 13.2. The number of carbonyl (C=O) groups is 2. The molecule has 0 unspecified atom stereocenters. The lowest BCUT2D eigenvalue weighted by Gasteiger charge is -2.34. The molecule has 1 amide bonds. The summed E-state index contributed by atoms with van der Waals surface area (Å²) in [6, 6.07) is 12.7. The van der Waals surface area contributed by atoms with E-state index in [-0.39, 0.29) is 37.0 Å². The summed E-state index contributed by atoms with van der Waals surface area (Å²) in [6.07, 6.45) is 0.552. The normalized spacial score (nSPS) is 15.1. The third-order valence-electron chi connectivity index (χ3n) is 6.17. The van der Waals surface area contributed by atoms with Gasteiger partial charge in [0.1, 0.15) is 5.69 Å². The van der Waals surface area contributed by atoms with Crippen molar-refractivity contribution in [1.82, 2.24) is 14.2 Å². The molecule has 8 nitrogen and oxygen atoms in total. The number of hydrogen-bond acceptors (Lipinski definition) is 5. The molecule has 2 heterocycles. The van der Waals surface area contributed by atoms with Gasteiger partial charge in [-0.15, -0.1) is 0 Å². The van der Waals surface area contributed by atoms with Gasteiger partial charge >= 0.3 is 5.97 Å². The van der Waals surface area contributed by atoms with E-state index in [0.717, 1.165) is 10.8 Å². The van der Waals surface area contributed by atoms with Crippen LogP contribution in [0.25, 0.3) is 10.8 Å². The van der Waals surface area contributed by atoms with Gasteiger partial charge in [0.05, 0.1) is 17.6 Å². The Hall–Kier alpha value is -3.17. The maximum absolute atomic E-state index is 13.2. The van der Waals surface area contributed by atoms with Gasteiger partial charge in [0.2, 0.25) is 10.0 Å². The average molecular weight is 470 g/mol. The molecule has 1 aromatic heterocycles. The molecule has 1 fully saturated rings. The molecular weight excluding hydrogens is 442 g/mol. The summed E-state index contributed by atoms with van der Waals surface area (Å²) in [5.41, 5.74) is 1.94.